The van der Waals surface area contributed by atoms with Crippen LogP contribution in [0.5, 0.6) is 0 Å². The number of carbonyl (C=O) groups is 1. The molecule has 94 valence electrons. The minimum Gasteiger partial charge on any atom is -0.320 e. The summed E-state index contributed by atoms with van der Waals surface area (Å²) in [6, 6.07) is 4.38. The number of rotatable bonds is 5. The summed E-state index contributed by atoms with van der Waals surface area (Å²) in [4.78, 5) is 15.5. The Balaban J connectivity index is 2.55. The van der Waals surface area contributed by atoms with Crippen molar-refractivity contribution in [2.75, 3.05) is 0 Å². The molecule has 17 heavy (non-hydrogen) atoms. The molecule has 6 heteroatoms. The fraction of sp³-hybridized carbons (Fsp3) is 0.455. The Morgan fingerprint density at radius 3 is 2.76 bits per heavy atom. The van der Waals surface area contributed by atoms with Crippen molar-refractivity contribution in [2.45, 2.75) is 31.3 Å². The maximum Gasteiger partial charge on any atom is 0.248 e. The molecule has 0 saturated heterocycles. The minimum atomic E-state index is -1.64. The largest absolute Gasteiger partial charge is 0.320 e. The van der Waals surface area contributed by atoms with Crippen molar-refractivity contribution in [3.05, 3.63) is 24.4 Å². The molecular weight excluding hydrogens is 238 g/mol. The molecule has 1 heterocycles. The Morgan fingerprint density at radius 1 is 1.53 bits per heavy atom. The quantitative estimate of drug-likeness (QED) is 0.806. The lowest BCUT2D eigenvalue weighted by molar-refractivity contribution is -0.120. The summed E-state index contributed by atoms with van der Waals surface area (Å²) >= 11 is 0. The fourth-order valence-electron chi connectivity index (χ4n) is 1.29. The lowest BCUT2D eigenvalue weighted by Crippen LogP contribution is -2.42. The Labute approximate surface area is 103 Å². The molecule has 0 aromatic carbocycles. The standard InChI is InChI=1S/C11H17N3O2S/c1-8(2)7-9(12)11(15)14-17(16)10-5-3-4-6-13-10/h3-6,8-9H,7,12H2,1-2H3,(H,14,15). The molecule has 5 nitrogen and oxygen atoms in total. The summed E-state index contributed by atoms with van der Waals surface area (Å²) in [5.41, 5.74) is 5.68. The zero-order chi connectivity index (χ0) is 12.8. The number of hydrogen-bond acceptors (Lipinski definition) is 4. The van der Waals surface area contributed by atoms with Crippen molar-refractivity contribution in [3.63, 3.8) is 0 Å². The Morgan fingerprint density at radius 2 is 2.24 bits per heavy atom. The van der Waals surface area contributed by atoms with E-state index >= 15 is 0 Å². The number of nitrogens with zero attached hydrogens (tertiary/aromatic N) is 1. The van der Waals surface area contributed by atoms with E-state index in [-0.39, 0.29) is 0 Å². The average Bonchev–Trinajstić information content (AvgIpc) is 2.29. The zero-order valence-corrected chi connectivity index (χ0v) is 10.7. The minimum absolute atomic E-state index is 0.317. The molecule has 3 N–H and O–H groups in total. The van der Waals surface area contributed by atoms with Crippen LogP contribution in [0, 0.1) is 5.92 Å². The van der Waals surface area contributed by atoms with Gasteiger partial charge in [-0.25, -0.2) is 9.19 Å². The Bertz CT molecular complexity index is 395. The van der Waals surface area contributed by atoms with Crippen LogP contribution in [0.2, 0.25) is 0 Å². The van der Waals surface area contributed by atoms with E-state index < -0.39 is 22.9 Å². The Kier molecular flexibility index (Phi) is 5.24. The van der Waals surface area contributed by atoms with Gasteiger partial charge in [0, 0.05) is 6.20 Å². The van der Waals surface area contributed by atoms with Crippen LogP contribution in [0.3, 0.4) is 0 Å². The molecule has 0 aliphatic heterocycles. The summed E-state index contributed by atoms with van der Waals surface area (Å²) in [7, 11) is -1.64. The number of amides is 1. The molecule has 1 amide bonds. The van der Waals surface area contributed by atoms with E-state index in [1.165, 1.54) is 6.20 Å². The first kappa shape index (κ1) is 13.8. The van der Waals surface area contributed by atoms with Crippen molar-refractivity contribution in [1.29, 1.82) is 0 Å². The van der Waals surface area contributed by atoms with Gasteiger partial charge in [-0.05, 0) is 24.5 Å². The van der Waals surface area contributed by atoms with Gasteiger partial charge in [-0.3, -0.25) is 9.52 Å². The van der Waals surface area contributed by atoms with Crippen LogP contribution < -0.4 is 10.5 Å². The summed E-state index contributed by atoms with van der Waals surface area (Å²) in [5, 5.41) is 0.317. The van der Waals surface area contributed by atoms with Crippen LogP contribution in [0.15, 0.2) is 29.4 Å². The van der Waals surface area contributed by atoms with Gasteiger partial charge in [0.2, 0.25) is 5.91 Å². The SMILES string of the molecule is CC(C)CC(N)C(=O)NS(=O)c1ccccn1. The number of pyridine rings is 1. The molecule has 0 saturated carbocycles. The lowest BCUT2D eigenvalue weighted by atomic mass is 10.0. The van der Waals surface area contributed by atoms with Gasteiger partial charge in [-0.15, -0.1) is 0 Å². The van der Waals surface area contributed by atoms with Crippen molar-refractivity contribution in [3.8, 4) is 0 Å². The van der Waals surface area contributed by atoms with Gasteiger partial charge >= 0.3 is 0 Å². The van der Waals surface area contributed by atoms with Gasteiger partial charge < -0.3 is 5.73 Å². The summed E-state index contributed by atoms with van der Waals surface area (Å²) in [6.07, 6.45) is 2.08. The number of carbonyl (C=O) groups excluding carboxylic acids is 1. The highest BCUT2D eigenvalue weighted by molar-refractivity contribution is 7.83. The van der Waals surface area contributed by atoms with E-state index in [4.69, 9.17) is 5.73 Å². The molecular formula is C11H17N3O2S. The highest BCUT2D eigenvalue weighted by Gasteiger charge is 2.17. The smallest absolute Gasteiger partial charge is 0.248 e. The van der Waals surface area contributed by atoms with Gasteiger partial charge in [0.15, 0.2) is 11.0 Å². The Hall–Kier alpha value is -1.27. The van der Waals surface area contributed by atoms with E-state index in [1.54, 1.807) is 18.2 Å². The van der Waals surface area contributed by atoms with Gasteiger partial charge in [-0.1, -0.05) is 19.9 Å². The van der Waals surface area contributed by atoms with Gasteiger partial charge in [-0.2, -0.15) is 0 Å². The predicted molar refractivity (Wildman–Crippen MR) is 66.2 cm³/mol. The zero-order valence-electron chi connectivity index (χ0n) is 9.92. The van der Waals surface area contributed by atoms with Crippen LogP contribution in [0.1, 0.15) is 20.3 Å². The van der Waals surface area contributed by atoms with Crippen molar-refractivity contribution in [1.82, 2.24) is 9.71 Å². The van der Waals surface area contributed by atoms with E-state index in [9.17, 15) is 9.00 Å². The van der Waals surface area contributed by atoms with Gasteiger partial charge in [0.05, 0.1) is 6.04 Å². The summed E-state index contributed by atoms with van der Waals surface area (Å²) in [6.45, 7) is 3.95. The number of hydrogen-bond donors (Lipinski definition) is 2. The highest BCUT2D eigenvalue weighted by Crippen LogP contribution is 2.04. The molecule has 2 unspecified atom stereocenters. The number of aromatic nitrogens is 1. The number of nitrogens with two attached hydrogens (primary N) is 1. The molecule has 1 aromatic rings. The second kappa shape index (κ2) is 6.46. The molecule has 0 aliphatic rings. The van der Waals surface area contributed by atoms with Crippen molar-refractivity contribution < 1.29 is 9.00 Å². The van der Waals surface area contributed by atoms with Crippen LogP contribution in [0.4, 0.5) is 0 Å². The molecule has 0 aliphatic carbocycles. The van der Waals surface area contributed by atoms with Crippen LogP contribution in [0.25, 0.3) is 0 Å². The first-order chi connectivity index (χ1) is 8.00. The molecule has 0 radical (unpaired) electrons. The lowest BCUT2D eigenvalue weighted by Gasteiger charge is -2.13. The molecule has 2 atom stereocenters. The summed E-state index contributed by atoms with van der Waals surface area (Å²) in [5.74, 6) is -0.0956. The van der Waals surface area contributed by atoms with Gasteiger partial charge in [0.25, 0.3) is 0 Å². The van der Waals surface area contributed by atoms with E-state index in [1.807, 2.05) is 13.8 Å². The average molecular weight is 255 g/mol. The third-order valence-corrected chi connectivity index (χ3v) is 3.09. The third-order valence-electron chi connectivity index (χ3n) is 2.08. The maximum absolute atomic E-state index is 11.7. The predicted octanol–water partition coefficient (Wildman–Crippen LogP) is 0.594. The third kappa shape index (κ3) is 4.62. The van der Waals surface area contributed by atoms with Crippen molar-refractivity contribution in [2.24, 2.45) is 11.7 Å². The van der Waals surface area contributed by atoms with Crippen LogP contribution in [-0.4, -0.2) is 21.1 Å². The fourth-order valence-corrected chi connectivity index (χ4v) is 2.09. The second-order valence-electron chi connectivity index (χ2n) is 4.14. The number of nitrogens with one attached hydrogen (secondary N) is 1. The molecule has 0 bridgehead atoms. The second-order valence-corrected chi connectivity index (χ2v) is 5.30. The highest BCUT2D eigenvalue weighted by atomic mass is 32.2. The maximum atomic E-state index is 11.7. The van der Waals surface area contributed by atoms with Gasteiger partial charge in [0.1, 0.15) is 5.03 Å². The van der Waals surface area contributed by atoms with Crippen molar-refractivity contribution >= 4 is 16.9 Å². The first-order valence-corrected chi connectivity index (χ1v) is 6.54. The van der Waals surface area contributed by atoms with E-state index in [2.05, 4.69) is 9.71 Å². The molecule has 0 spiro atoms. The summed E-state index contributed by atoms with van der Waals surface area (Å²) < 4.78 is 14.1. The monoisotopic (exact) mass is 255 g/mol. The molecule has 0 fully saturated rings. The topological polar surface area (TPSA) is 85.1 Å². The molecule has 1 rings (SSSR count). The van der Waals surface area contributed by atoms with E-state index in [0.29, 0.717) is 17.4 Å². The molecule has 1 aromatic heterocycles. The van der Waals surface area contributed by atoms with Crippen LogP contribution >= 0.6 is 0 Å². The normalized spacial score (nSPS) is 14.4. The van der Waals surface area contributed by atoms with Crippen LogP contribution in [-0.2, 0) is 15.8 Å². The van der Waals surface area contributed by atoms with E-state index in [0.717, 1.165) is 0 Å². The first-order valence-electron chi connectivity index (χ1n) is 5.39.